The molecule has 0 amide bonds. The molecule has 0 spiro atoms. The number of rotatable bonds is 1. The molecule has 3 N–H and O–H groups in total. The highest BCUT2D eigenvalue weighted by Crippen LogP contribution is 2.27. The van der Waals surface area contributed by atoms with Gasteiger partial charge < -0.3 is 5.11 Å². The summed E-state index contributed by atoms with van der Waals surface area (Å²) in [6.45, 7) is 0. The first-order valence-corrected chi connectivity index (χ1v) is 5.82. The van der Waals surface area contributed by atoms with Crippen molar-refractivity contribution in [3.05, 3.63) is 65.2 Å². The van der Waals surface area contributed by atoms with Crippen LogP contribution < -0.4 is 27.2 Å². The topological polar surface area (TPSA) is 121 Å². The molecule has 7 heteroatoms. The van der Waals surface area contributed by atoms with Crippen LogP contribution in [0.3, 0.4) is 0 Å². The number of phenols is 1. The fraction of sp³-hybridized carbons (Fsp3) is 0. The van der Waals surface area contributed by atoms with Gasteiger partial charge >= 0.3 is 0 Å². The minimum Gasteiger partial charge on any atom is -0.506 e. The molecule has 2 aliphatic carbocycles. The summed E-state index contributed by atoms with van der Waals surface area (Å²) in [5.41, 5.74) is -1.81. The maximum atomic E-state index is 12.3. The molecule has 1 aromatic rings. The van der Waals surface area contributed by atoms with Crippen LogP contribution in [0, 0.1) is 0 Å². The fourth-order valence-corrected chi connectivity index (χ4v) is 2.28. The van der Waals surface area contributed by atoms with Crippen molar-refractivity contribution in [3.63, 3.8) is 0 Å². The summed E-state index contributed by atoms with van der Waals surface area (Å²) in [5, 5.41) is 18.3. The summed E-state index contributed by atoms with van der Waals surface area (Å²) in [6.07, 6.45) is 0. The molecule has 104 valence electrons. The molecule has 2 aliphatic rings. The molecular weight excluding hydrogens is 278 g/mol. The standard InChI is InChI=1S/C14H7NO6/c16-10-2-6-5(1-9(10)15-21)13(19)7-3-11(17)12(18)4-8(7)14(6)20/h1-4,15-16,21H. The predicted octanol–water partition coefficient (Wildman–Crippen LogP) is -0.232. The van der Waals surface area contributed by atoms with Gasteiger partial charge in [0.15, 0.2) is 10.9 Å². The summed E-state index contributed by atoms with van der Waals surface area (Å²) in [4.78, 5) is 47.3. The SMILES string of the molecule is O=c1cc2c(=O)c3cc(O)c(NO)cc3c(=O)c-2cc1=O. The predicted molar refractivity (Wildman–Crippen MR) is 75.1 cm³/mol. The van der Waals surface area contributed by atoms with Gasteiger partial charge in [-0.15, -0.1) is 0 Å². The molecule has 0 bridgehead atoms. The third kappa shape index (κ3) is 1.72. The zero-order valence-corrected chi connectivity index (χ0v) is 10.3. The van der Waals surface area contributed by atoms with Crippen molar-refractivity contribution in [2.45, 2.75) is 0 Å². The lowest BCUT2D eigenvalue weighted by Crippen LogP contribution is -2.28. The number of nitrogens with one attached hydrogen (secondary N) is 1. The Labute approximate surface area is 115 Å². The first kappa shape index (κ1) is 12.9. The highest BCUT2D eigenvalue weighted by molar-refractivity contribution is 5.94. The molecule has 0 saturated heterocycles. The summed E-state index contributed by atoms with van der Waals surface area (Å²) in [7, 11) is 0. The minimum absolute atomic E-state index is 0.0695. The van der Waals surface area contributed by atoms with E-state index in [0.29, 0.717) is 0 Å². The molecule has 21 heavy (non-hydrogen) atoms. The van der Waals surface area contributed by atoms with E-state index in [2.05, 4.69) is 0 Å². The van der Waals surface area contributed by atoms with E-state index in [9.17, 15) is 24.3 Å². The third-order valence-corrected chi connectivity index (χ3v) is 3.32. The second-order valence-electron chi connectivity index (χ2n) is 4.53. The molecule has 3 rings (SSSR count). The minimum atomic E-state index is -0.879. The monoisotopic (exact) mass is 285 g/mol. The molecule has 0 heterocycles. The van der Waals surface area contributed by atoms with Gasteiger partial charge in [0.05, 0.1) is 0 Å². The van der Waals surface area contributed by atoms with Crippen LogP contribution in [0.25, 0.3) is 21.9 Å². The van der Waals surface area contributed by atoms with E-state index in [-0.39, 0.29) is 27.6 Å². The molecule has 0 saturated carbocycles. The number of hydrogen-bond donors (Lipinski definition) is 3. The van der Waals surface area contributed by atoms with Crippen LogP contribution in [0.2, 0.25) is 0 Å². The summed E-state index contributed by atoms with van der Waals surface area (Å²) < 4.78 is 0. The van der Waals surface area contributed by atoms with Crippen LogP contribution in [0.1, 0.15) is 0 Å². The lowest BCUT2D eigenvalue weighted by Gasteiger charge is -2.08. The van der Waals surface area contributed by atoms with E-state index >= 15 is 0 Å². The Bertz CT molecular complexity index is 1060. The Hall–Kier alpha value is -3.06. The summed E-state index contributed by atoms with van der Waals surface area (Å²) in [5.74, 6) is -0.427. The van der Waals surface area contributed by atoms with Crippen molar-refractivity contribution >= 4 is 16.5 Å². The number of benzene rings is 3. The van der Waals surface area contributed by atoms with Gasteiger partial charge in [0.2, 0.25) is 10.9 Å². The highest BCUT2D eigenvalue weighted by atomic mass is 16.5. The van der Waals surface area contributed by atoms with E-state index in [4.69, 9.17) is 5.21 Å². The van der Waals surface area contributed by atoms with Crippen molar-refractivity contribution < 1.29 is 10.3 Å². The summed E-state index contributed by atoms with van der Waals surface area (Å²) in [6, 6.07) is 3.78. The molecule has 0 aromatic heterocycles. The van der Waals surface area contributed by atoms with Gasteiger partial charge in [-0.1, -0.05) is 0 Å². The van der Waals surface area contributed by atoms with Crippen molar-refractivity contribution in [2.75, 3.05) is 5.48 Å². The maximum absolute atomic E-state index is 12.3. The number of phenolic OH excluding ortho intramolecular Hbond substituents is 1. The van der Waals surface area contributed by atoms with Crippen molar-refractivity contribution in [1.82, 2.24) is 0 Å². The lowest BCUT2D eigenvalue weighted by atomic mass is 9.96. The average Bonchev–Trinajstić information content (AvgIpc) is 2.46. The van der Waals surface area contributed by atoms with Crippen molar-refractivity contribution in [1.29, 1.82) is 0 Å². The highest BCUT2D eigenvalue weighted by Gasteiger charge is 2.19. The van der Waals surface area contributed by atoms with Crippen LogP contribution in [-0.4, -0.2) is 10.3 Å². The van der Waals surface area contributed by atoms with Gasteiger partial charge in [-0.05, 0) is 12.1 Å². The van der Waals surface area contributed by atoms with E-state index in [1.807, 2.05) is 0 Å². The Morgan fingerprint density at radius 3 is 1.71 bits per heavy atom. The average molecular weight is 285 g/mol. The number of fused-ring (bicyclic) bond motifs is 2. The normalized spacial score (nSPS) is 11.1. The molecule has 0 atom stereocenters. The van der Waals surface area contributed by atoms with Gasteiger partial charge in [-0.2, -0.15) is 0 Å². The Kier molecular flexibility index (Phi) is 2.60. The van der Waals surface area contributed by atoms with Gasteiger partial charge in [-0.3, -0.25) is 29.9 Å². The van der Waals surface area contributed by atoms with Crippen molar-refractivity contribution in [2.24, 2.45) is 0 Å². The largest absolute Gasteiger partial charge is 0.506 e. The van der Waals surface area contributed by atoms with Gasteiger partial charge in [-0.25, -0.2) is 0 Å². The molecule has 0 radical (unpaired) electrons. The smallest absolute Gasteiger partial charge is 0.226 e. The molecule has 0 aliphatic heterocycles. The zero-order chi connectivity index (χ0) is 15.3. The number of aromatic hydroxyl groups is 1. The second kappa shape index (κ2) is 4.22. The first-order chi connectivity index (χ1) is 9.93. The maximum Gasteiger partial charge on any atom is 0.226 e. The second-order valence-corrected chi connectivity index (χ2v) is 4.53. The fourth-order valence-electron chi connectivity index (χ4n) is 2.28. The van der Waals surface area contributed by atoms with Crippen LogP contribution >= 0.6 is 0 Å². The molecule has 0 unspecified atom stereocenters. The molecular formula is C14H7NO6. The van der Waals surface area contributed by atoms with Crippen LogP contribution in [0.5, 0.6) is 5.75 Å². The Balaban J connectivity index is 2.67. The van der Waals surface area contributed by atoms with Gasteiger partial charge in [0, 0.05) is 34.0 Å². The van der Waals surface area contributed by atoms with Crippen molar-refractivity contribution in [3.8, 4) is 16.9 Å². The molecule has 7 nitrogen and oxygen atoms in total. The first-order valence-electron chi connectivity index (χ1n) is 5.82. The molecule has 0 fully saturated rings. The lowest BCUT2D eigenvalue weighted by molar-refractivity contribution is 0.381. The molecule has 1 aromatic carbocycles. The van der Waals surface area contributed by atoms with E-state index in [1.54, 1.807) is 5.48 Å². The Morgan fingerprint density at radius 1 is 0.762 bits per heavy atom. The Morgan fingerprint density at radius 2 is 1.24 bits per heavy atom. The summed E-state index contributed by atoms with van der Waals surface area (Å²) >= 11 is 0. The van der Waals surface area contributed by atoms with Gasteiger partial charge in [0.25, 0.3) is 0 Å². The quantitative estimate of drug-likeness (QED) is 0.244. The number of anilines is 1. The number of hydrogen-bond acceptors (Lipinski definition) is 7. The van der Waals surface area contributed by atoms with Gasteiger partial charge in [0.1, 0.15) is 11.4 Å². The third-order valence-electron chi connectivity index (χ3n) is 3.32. The van der Waals surface area contributed by atoms with E-state index in [0.717, 1.165) is 24.3 Å². The van der Waals surface area contributed by atoms with Crippen LogP contribution in [0.4, 0.5) is 5.69 Å². The van der Waals surface area contributed by atoms with E-state index in [1.165, 1.54) is 0 Å². The zero-order valence-electron chi connectivity index (χ0n) is 10.3. The van der Waals surface area contributed by atoms with E-state index < -0.39 is 27.5 Å². The van der Waals surface area contributed by atoms with Crippen LogP contribution in [0.15, 0.2) is 43.4 Å². The van der Waals surface area contributed by atoms with Crippen LogP contribution in [-0.2, 0) is 0 Å².